The third-order valence-electron chi connectivity index (χ3n) is 7.37. The molecule has 2 amide bonds. The maximum Gasteiger partial charge on any atom is 0.416 e. The number of aryl methyl sites for hydroxylation is 1. The van der Waals surface area contributed by atoms with Gasteiger partial charge in [0.2, 0.25) is 5.91 Å². The van der Waals surface area contributed by atoms with Crippen LogP contribution in [0.4, 0.5) is 30.7 Å². The van der Waals surface area contributed by atoms with Crippen LogP contribution in [-0.4, -0.2) is 27.8 Å². The Kier molecular flexibility index (Phi) is 9.76. The van der Waals surface area contributed by atoms with Crippen molar-refractivity contribution in [3.05, 3.63) is 119 Å². The molecule has 2 heterocycles. The topological polar surface area (TPSA) is 79.9 Å². The standard InChI is InChI=1S/C33H27F7N5O2P/c1-3-44-27(19-41-30(47)21-8-7-9-22(18-21)33(38,39)40)48(25-14-12-23(34)13-15-25)29-28(20(2)42-26(46)16-17-32(35,36)37)43-45(31(29)44)24-10-5-4-6-11-24/h4-18,20H,3,19H2,1-2H3,(H-,41,42,46,47)/p+1/b17-16+. The monoisotopic (exact) mass is 690 g/mol. The molecule has 2 aromatic heterocycles. The second-order valence-electron chi connectivity index (χ2n) is 10.6. The van der Waals surface area contributed by atoms with E-state index in [1.54, 1.807) is 54.1 Å². The van der Waals surface area contributed by atoms with Crippen LogP contribution in [0.25, 0.3) is 21.8 Å². The van der Waals surface area contributed by atoms with Gasteiger partial charge in [0.15, 0.2) is 5.69 Å². The number of carbonyl (C=O) groups is 2. The zero-order valence-corrected chi connectivity index (χ0v) is 26.3. The molecule has 5 rings (SSSR count). The summed E-state index contributed by atoms with van der Waals surface area (Å²) in [5.41, 5.74) is 0.966. The van der Waals surface area contributed by atoms with E-state index in [4.69, 9.17) is 5.10 Å². The lowest BCUT2D eigenvalue weighted by molar-refractivity contribution is -0.673. The van der Waals surface area contributed by atoms with E-state index in [0.29, 0.717) is 45.5 Å². The van der Waals surface area contributed by atoms with Gasteiger partial charge in [-0.3, -0.25) is 9.59 Å². The highest BCUT2D eigenvalue weighted by molar-refractivity contribution is 7.63. The first-order valence-corrected chi connectivity index (χ1v) is 15.9. The van der Waals surface area contributed by atoms with E-state index in [9.17, 15) is 40.3 Å². The van der Waals surface area contributed by atoms with Gasteiger partial charge in [-0.1, -0.05) is 34.0 Å². The van der Waals surface area contributed by atoms with Crippen LogP contribution >= 0.6 is 7.53 Å². The van der Waals surface area contributed by atoms with Gasteiger partial charge >= 0.3 is 18.0 Å². The Morgan fingerprint density at radius 1 is 0.979 bits per heavy atom. The van der Waals surface area contributed by atoms with Crippen LogP contribution in [-0.2, 0) is 24.1 Å². The fourth-order valence-corrected chi connectivity index (χ4v) is 8.12. The minimum absolute atomic E-state index is 0.121. The number of allylic oxidation sites excluding steroid dienone is 1. The zero-order chi connectivity index (χ0) is 34.8. The average Bonchev–Trinajstić information content (AvgIpc) is 3.58. The van der Waals surface area contributed by atoms with E-state index in [1.165, 1.54) is 18.2 Å². The minimum Gasteiger partial charge on any atom is -0.344 e. The summed E-state index contributed by atoms with van der Waals surface area (Å²) in [6.45, 7) is 3.63. The Morgan fingerprint density at radius 3 is 2.29 bits per heavy atom. The highest BCUT2D eigenvalue weighted by Crippen LogP contribution is 2.51. The summed E-state index contributed by atoms with van der Waals surface area (Å²) in [5, 5.41) is 11.3. The zero-order valence-electron chi connectivity index (χ0n) is 25.4. The molecule has 3 aromatic carbocycles. The maximum absolute atomic E-state index is 14.1. The van der Waals surface area contributed by atoms with Crippen LogP contribution in [0.2, 0.25) is 0 Å². The molecule has 15 heteroatoms. The van der Waals surface area contributed by atoms with Crippen LogP contribution in [0.15, 0.2) is 91.0 Å². The molecule has 0 radical (unpaired) electrons. The smallest absolute Gasteiger partial charge is 0.344 e. The lowest BCUT2D eigenvalue weighted by Gasteiger charge is -2.12. The van der Waals surface area contributed by atoms with Gasteiger partial charge in [-0.25, -0.2) is 8.96 Å². The number of nitrogens with one attached hydrogen (secondary N) is 2. The van der Waals surface area contributed by atoms with Gasteiger partial charge in [0.1, 0.15) is 22.1 Å². The number of benzene rings is 3. The number of aromatic nitrogens is 3. The Bertz CT molecular complexity index is 1980. The number of rotatable bonds is 9. The third kappa shape index (κ3) is 7.44. The predicted molar refractivity (Wildman–Crippen MR) is 165 cm³/mol. The maximum atomic E-state index is 14.1. The second kappa shape index (κ2) is 13.6. The van der Waals surface area contributed by atoms with Crippen molar-refractivity contribution in [2.45, 2.75) is 45.3 Å². The Hall–Kier alpha value is -4.97. The van der Waals surface area contributed by atoms with Crippen LogP contribution < -0.4 is 15.2 Å². The van der Waals surface area contributed by atoms with Crippen molar-refractivity contribution in [3.8, 4) is 11.0 Å². The van der Waals surface area contributed by atoms with Gasteiger partial charge in [-0.2, -0.15) is 26.3 Å². The van der Waals surface area contributed by atoms with E-state index < -0.39 is 49.1 Å². The van der Waals surface area contributed by atoms with Gasteiger partial charge < -0.3 is 10.6 Å². The molecule has 0 aliphatic rings. The number of hydrogen-bond acceptors (Lipinski definition) is 3. The molecule has 0 bridgehead atoms. The van der Waals surface area contributed by atoms with E-state index in [1.807, 2.05) is 11.5 Å². The van der Waals surface area contributed by atoms with Crippen molar-refractivity contribution in [2.75, 3.05) is 0 Å². The number of hydrogen-bond donors (Lipinski definition) is 2. The largest absolute Gasteiger partial charge is 0.416 e. The minimum atomic E-state index is -4.70. The second-order valence-corrected chi connectivity index (χ2v) is 12.8. The van der Waals surface area contributed by atoms with Crippen molar-refractivity contribution in [1.82, 2.24) is 20.4 Å². The molecule has 0 spiro atoms. The van der Waals surface area contributed by atoms with E-state index in [0.717, 1.165) is 18.2 Å². The molecule has 0 aliphatic carbocycles. The van der Waals surface area contributed by atoms with E-state index in [-0.39, 0.29) is 18.2 Å². The molecule has 2 atom stereocenters. The van der Waals surface area contributed by atoms with Crippen LogP contribution in [0.3, 0.4) is 0 Å². The molecule has 0 saturated carbocycles. The van der Waals surface area contributed by atoms with Crippen LogP contribution in [0.5, 0.6) is 0 Å². The van der Waals surface area contributed by atoms with E-state index in [2.05, 4.69) is 10.6 Å². The summed E-state index contributed by atoms with van der Waals surface area (Å²) in [4.78, 5) is 25.7. The summed E-state index contributed by atoms with van der Waals surface area (Å²) in [5.74, 6) is -2.26. The molecular weight excluding hydrogens is 662 g/mol. The summed E-state index contributed by atoms with van der Waals surface area (Å²) in [6.07, 6.45) is -9.14. The first kappa shape index (κ1) is 34.4. The Balaban J connectivity index is 1.69. The molecule has 2 N–H and O–H groups in total. The molecule has 0 saturated heterocycles. The van der Waals surface area contributed by atoms with Crippen molar-refractivity contribution < 1.29 is 44.9 Å². The van der Waals surface area contributed by atoms with Crippen molar-refractivity contribution in [3.63, 3.8) is 0 Å². The van der Waals surface area contributed by atoms with E-state index >= 15 is 0 Å². The number of fused-ring (bicyclic) bond motifs is 1. The van der Waals surface area contributed by atoms with Gasteiger partial charge in [-0.05, 0) is 76.0 Å². The molecule has 250 valence electrons. The quantitative estimate of drug-likeness (QED) is 0.0946. The predicted octanol–water partition coefficient (Wildman–Crippen LogP) is 7.69. The summed E-state index contributed by atoms with van der Waals surface area (Å²) in [6, 6.07) is 17.7. The summed E-state index contributed by atoms with van der Waals surface area (Å²) >= 11 is 0. The fourth-order valence-electron chi connectivity index (χ4n) is 5.26. The van der Waals surface area contributed by atoms with Gasteiger partial charge in [0.05, 0.1) is 24.7 Å². The molecule has 5 aromatic rings. The lowest BCUT2D eigenvalue weighted by Crippen LogP contribution is -2.39. The Morgan fingerprint density at radius 2 is 1.67 bits per heavy atom. The SMILES string of the molecule is CC[n+]1c(CNC(=O)c2cccc(C(F)(F)F)c2)p(-c2ccc(F)cc2)c2c(C(C)NC(=O)/C=C/C(F)(F)F)nn(-c3ccccc3)c21. The fraction of sp³-hybridized carbons (Fsp3) is 0.212. The average molecular weight is 691 g/mol. The molecule has 7 nitrogen and oxygen atoms in total. The van der Waals surface area contributed by atoms with Crippen molar-refractivity contribution >= 4 is 30.1 Å². The van der Waals surface area contributed by atoms with Crippen LogP contribution in [0, 0.1) is 5.82 Å². The van der Waals surface area contributed by atoms with Gasteiger partial charge in [0, 0.05) is 23.0 Å². The third-order valence-corrected chi connectivity index (χ3v) is 9.97. The van der Waals surface area contributed by atoms with Gasteiger partial charge in [-0.15, -0.1) is 0 Å². The number of alkyl halides is 6. The first-order chi connectivity index (χ1) is 22.7. The summed E-state index contributed by atoms with van der Waals surface area (Å²) in [7, 11) is -1.63. The van der Waals surface area contributed by atoms with Crippen molar-refractivity contribution in [1.29, 1.82) is 0 Å². The number of amides is 2. The number of carbonyl (C=O) groups excluding carboxylic acids is 2. The highest BCUT2D eigenvalue weighted by Gasteiger charge is 2.36. The first-order valence-electron chi connectivity index (χ1n) is 14.6. The molecule has 0 fully saturated rings. The molecular formula is C33H28F7N5O2P+. The van der Waals surface area contributed by atoms with Gasteiger partial charge in [0.25, 0.3) is 5.91 Å². The van der Waals surface area contributed by atoms with Crippen LogP contribution in [0.1, 0.15) is 46.9 Å². The molecule has 48 heavy (non-hydrogen) atoms. The number of para-hydroxylation sites is 1. The molecule has 2 unspecified atom stereocenters. The Labute approximate surface area is 270 Å². The number of nitrogens with zero attached hydrogens (tertiary/aromatic N) is 3. The number of halogens is 7. The summed E-state index contributed by atoms with van der Waals surface area (Å²) < 4.78 is 95.9. The molecule has 0 aliphatic heterocycles. The highest BCUT2D eigenvalue weighted by atomic mass is 31.1. The lowest BCUT2D eigenvalue weighted by atomic mass is 10.1. The van der Waals surface area contributed by atoms with Crippen molar-refractivity contribution in [2.24, 2.45) is 0 Å². The normalized spacial score (nSPS) is 13.2.